The number of thioether (sulfide) groups is 1. The number of rotatable bonds is 8. The molecule has 1 aliphatic heterocycles. The van der Waals surface area contributed by atoms with E-state index in [2.05, 4.69) is 4.98 Å². The Morgan fingerprint density at radius 2 is 1.22 bits per heavy atom. The van der Waals surface area contributed by atoms with Crippen molar-refractivity contribution in [2.45, 2.75) is 22.8 Å². The summed E-state index contributed by atoms with van der Waals surface area (Å²) < 4.78 is 18.7. The van der Waals surface area contributed by atoms with Crippen molar-refractivity contribution < 1.29 is 28.6 Å². The van der Waals surface area contributed by atoms with E-state index in [1.165, 1.54) is 16.8 Å². The summed E-state index contributed by atoms with van der Waals surface area (Å²) >= 11 is 1.16. The highest BCUT2D eigenvalue weighted by Crippen LogP contribution is 2.45. The van der Waals surface area contributed by atoms with Gasteiger partial charge in [0.2, 0.25) is 0 Å². The van der Waals surface area contributed by atoms with Crippen molar-refractivity contribution in [2.75, 3.05) is 12.3 Å². The lowest BCUT2D eigenvalue weighted by Crippen LogP contribution is -2.42. The minimum Gasteiger partial charge on any atom is -0.461 e. The third kappa shape index (κ3) is 6.47. The van der Waals surface area contributed by atoms with E-state index in [-0.39, 0.29) is 23.6 Å². The summed E-state index contributed by atoms with van der Waals surface area (Å²) in [5.41, 5.74) is 5.90. The van der Waals surface area contributed by atoms with Crippen LogP contribution >= 0.6 is 11.8 Å². The van der Waals surface area contributed by atoms with E-state index in [1.807, 2.05) is 0 Å². The second-order valence-electron chi connectivity index (χ2n) is 9.04. The topological polar surface area (TPSA) is 140 Å². The maximum Gasteiger partial charge on any atom is 0.350 e. The highest BCUT2D eigenvalue weighted by Gasteiger charge is 2.51. The fraction of sp³-hybridized carbons (Fsp3) is 0.167. The van der Waals surface area contributed by atoms with Gasteiger partial charge in [-0.1, -0.05) is 54.6 Å². The van der Waals surface area contributed by atoms with Gasteiger partial charge in [-0.15, -0.1) is 11.8 Å². The van der Waals surface area contributed by atoms with Gasteiger partial charge in [-0.2, -0.15) is 4.98 Å². The number of hydrogen-bond acceptors (Lipinski definition) is 10. The highest BCUT2D eigenvalue weighted by atomic mass is 32.2. The maximum absolute atomic E-state index is 13.2. The number of aromatic nitrogens is 2. The van der Waals surface area contributed by atoms with Crippen molar-refractivity contribution in [1.29, 1.82) is 0 Å². The molecular formula is C30H25N3O7S. The van der Waals surface area contributed by atoms with Crippen LogP contribution in [0.1, 0.15) is 36.4 Å². The van der Waals surface area contributed by atoms with Gasteiger partial charge in [0, 0.05) is 6.20 Å². The molecule has 208 valence electrons. The van der Waals surface area contributed by atoms with Crippen molar-refractivity contribution in [1.82, 2.24) is 9.55 Å². The van der Waals surface area contributed by atoms with Crippen molar-refractivity contribution in [3.8, 4) is 0 Å². The van der Waals surface area contributed by atoms with E-state index in [0.717, 1.165) is 11.8 Å². The quantitative estimate of drug-likeness (QED) is 0.246. The summed E-state index contributed by atoms with van der Waals surface area (Å²) in [5.74, 6) is -1.90. The molecule has 0 radical (unpaired) electrons. The van der Waals surface area contributed by atoms with E-state index in [1.54, 1.807) is 91.0 Å². The number of nitrogens with two attached hydrogens (primary N) is 1. The van der Waals surface area contributed by atoms with Gasteiger partial charge in [-0.05, 0) is 42.5 Å². The van der Waals surface area contributed by atoms with E-state index in [9.17, 15) is 19.2 Å². The van der Waals surface area contributed by atoms with Crippen LogP contribution in [-0.2, 0) is 14.2 Å². The van der Waals surface area contributed by atoms with E-state index in [0.29, 0.717) is 5.56 Å². The molecule has 1 fully saturated rings. The number of carbonyl (C=O) groups is 3. The van der Waals surface area contributed by atoms with Gasteiger partial charge in [0.1, 0.15) is 17.8 Å². The molecule has 0 bridgehead atoms. The first-order chi connectivity index (χ1) is 19.9. The molecule has 1 saturated heterocycles. The molecule has 0 saturated carbocycles. The Bertz CT molecular complexity index is 1580. The van der Waals surface area contributed by atoms with Crippen molar-refractivity contribution >= 4 is 35.5 Å². The summed E-state index contributed by atoms with van der Waals surface area (Å²) in [7, 11) is 0. The minimum atomic E-state index is -1.15. The number of nitrogens with zero attached hydrogens (tertiary/aromatic N) is 2. The molecule has 2 N–H and O–H groups in total. The lowest BCUT2D eigenvalue weighted by molar-refractivity contribution is -0.0412. The Hall–Kier alpha value is -4.90. The zero-order valence-electron chi connectivity index (χ0n) is 21.6. The van der Waals surface area contributed by atoms with Crippen LogP contribution in [0.25, 0.3) is 0 Å². The first kappa shape index (κ1) is 27.7. The smallest absolute Gasteiger partial charge is 0.350 e. The summed E-state index contributed by atoms with van der Waals surface area (Å²) in [6.45, 7) is -0.196. The van der Waals surface area contributed by atoms with Crippen LogP contribution in [0.3, 0.4) is 0 Å². The first-order valence-corrected chi connectivity index (χ1v) is 13.6. The fourth-order valence-corrected chi connectivity index (χ4v) is 5.83. The van der Waals surface area contributed by atoms with Crippen LogP contribution in [0.15, 0.2) is 108 Å². The molecule has 5 rings (SSSR count). The molecule has 10 nitrogen and oxygen atoms in total. The normalized spacial score (nSPS) is 19.7. The van der Waals surface area contributed by atoms with Gasteiger partial charge in [-0.25, -0.2) is 19.2 Å². The number of ether oxygens (including phenoxy) is 3. The lowest BCUT2D eigenvalue weighted by atomic mass is 10.1. The largest absolute Gasteiger partial charge is 0.461 e. The molecule has 0 spiro atoms. The zero-order chi connectivity index (χ0) is 28.8. The van der Waals surface area contributed by atoms with Gasteiger partial charge in [0.25, 0.3) is 0 Å². The predicted molar refractivity (Wildman–Crippen MR) is 151 cm³/mol. The third-order valence-corrected chi connectivity index (χ3v) is 7.83. The molecular weight excluding hydrogens is 546 g/mol. The molecule has 2 heterocycles. The SMILES string of the molecule is Nc1ccn(C2S[C@H](COC(=O)c3ccccc3)[C@@H](OC(=O)c3ccccc3)[C@H]2OC(=O)c2ccccc2)c(=O)n1. The van der Waals surface area contributed by atoms with Crippen LogP contribution in [0.4, 0.5) is 5.82 Å². The Balaban J connectivity index is 1.49. The van der Waals surface area contributed by atoms with Crippen molar-refractivity contribution in [3.05, 3.63) is 130 Å². The Kier molecular flexibility index (Phi) is 8.44. The van der Waals surface area contributed by atoms with Gasteiger partial charge in [0.15, 0.2) is 12.2 Å². The van der Waals surface area contributed by atoms with E-state index >= 15 is 0 Å². The highest BCUT2D eigenvalue weighted by molar-refractivity contribution is 8.00. The third-order valence-electron chi connectivity index (χ3n) is 6.30. The van der Waals surface area contributed by atoms with Crippen molar-refractivity contribution in [3.63, 3.8) is 0 Å². The van der Waals surface area contributed by atoms with Crippen LogP contribution in [0.2, 0.25) is 0 Å². The van der Waals surface area contributed by atoms with Gasteiger partial charge < -0.3 is 19.9 Å². The monoisotopic (exact) mass is 571 g/mol. The van der Waals surface area contributed by atoms with Gasteiger partial charge >= 0.3 is 23.6 Å². The average Bonchev–Trinajstić information content (AvgIpc) is 3.33. The summed E-state index contributed by atoms with van der Waals surface area (Å²) in [4.78, 5) is 55.8. The van der Waals surface area contributed by atoms with Gasteiger partial charge in [0.05, 0.1) is 21.9 Å². The Labute approximate surface area is 239 Å². The second-order valence-corrected chi connectivity index (χ2v) is 10.4. The molecule has 1 aromatic heterocycles. The lowest BCUT2D eigenvalue weighted by Gasteiger charge is -2.26. The van der Waals surface area contributed by atoms with Crippen LogP contribution in [0.5, 0.6) is 0 Å². The molecule has 4 aromatic rings. The number of nitrogen functional groups attached to an aromatic ring is 1. The molecule has 41 heavy (non-hydrogen) atoms. The predicted octanol–water partition coefficient (Wildman–Crippen LogP) is 3.75. The number of benzene rings is 3. The molecule has 0 aliphatic carbocycles. The second kappa shape index (κ2) is 12.5. The van der Waals surface area contributed by atoms with Crippen LogP contribution in [-0.4, -0.2) is 51.5 Å². The van der Waals surface area contributed by atoms with E-state index in [4.69, 9.17) is 19.9 Å². The number of hydrogen-bond donors (Lipinski definition) is 1. The molecule has 1 unspecified atom stereocenters. The standard InChI is InChI=1S/C30H25N3O7S/c31-23-16-17-33(30(37)32-23)26-25(40-29(36)21-14-8-3-9-15-21)24(39-28(35)20-12-6-2-7-13-20)22(41-26)18-38-27(34)19-10-4-1-5-11-19/h1-17,22,24-26H,18H2,(H2,31,32,37)/t22-,24-,25-,26?/m1/s1. The molecule has 3 aromatic carbocycles. The van der Waals surface area contributed by atoms with Crippen molar-refractivity contribution in [2.24, 2.45) is 0 Å². The fourth-order valence-electron chi connectivity index (χ4n) is 4.30. The minimum absolute atomic E-state index is 0.0208. The average molecular weight is 572 g/mol. The Morgan fingerprint density at radius 1 is 0.732 bits per heavy atom. The van der Waals surface area contributed by atoms with Gasteiger partial charge in [-0.3, -0.25) is 4.57 Å². The summed E-state index contributed by atoms with van der Waals surface area (Å²) in [6.07, 6.45) is -0.817. The molecule has 4 atom stereocenters. The molecule has 0 amide bonds. The number of anilines is 1. The Morgan fingerprint density at radius 3 is 1.73 bits per heavy atom. The van der Waals surface area contributed by atoms with Crippen LogP contribution in [0, 0.1) is 0 Å². The van der Waals surface area contributed by atoms with E-state index < -0.39 is 46.4 Å². The number of carbonyl (C=O) groups excluding carboxylic acids is 3. The zero-order valence-corrected chi connectivity index (χ0v) is 22.4. The molecule has 1 aliphatic rings. The van der Waals surface area contributed by atoms with Crippen LogP contribution < -0.4 is 11.4 Å². The summed E-state index contributed by atoms with van der Waals surface area (Å²) in [5, 5.41) is -1.59. The first-order valence-electron chi connectivity index (χ1n) is 12.6. The maximum atomic E-state index is 13.2. The molecule has 11 heteroatoms. The number of esters is 3. The summed E-state index contributed by atoms with van der Waals surface area (Å²) in [6, 6.07) is 26.5.